The van der Waals surface area contributed by atoms with Crippen LogP contribution in [0.15, 0.2) is 22.7 Å². The average molecular weight is 342 g/mol. The quantitative estimate of drug-likeness (QED) is 0.687. The Labute approximate surface area is 130 Å². The normalized spacial score (nSPS) is 10.3. The van der Waals surface area contributed by atoms with Crippen LogP contribution in [0, 0.1) is 0 Å². The predicted octanol–water partition coefficient (Wildman–Crippen LogP) is 4.09. The van der Waals surface area contributed by atoms with Crippen LogP contribution in [0.25, 0.3) is 0 Å². The van der Waals surface area contributed by atoms with Gasteiger partial charge in [-0.05, 0) is 36.6 Å². The summed E-state index contributed by atoms with van der Waals surface area (Å²) in [5.41, 5.74) is 1.11. The van der Waals surface area contributed by atoms with Crippen molar-refractivity contribution in [2.45, 2.75) is 46.0 Å². The molecular weight excluding hydrogens is 318 g/mol. The van der Waals surface area contributed by atoms with E-state index in [0.717, 1.165) is 35.2 Å². The second-order valence-corrected chi connectivity index (χ2v) is 5.72. The molecule has 0 unspecified atom stereocenters. The van der Waals surface area contributed by atoms with Gasteiger partial charge in [0.25, 0.3) is 5.91 Å². The Hall–Kier alpha value is -1.03. The lowest BCUT2D eigenvalue weighted by Crippen LogP contribution is -2.29. The third-order valence-electron chi connectivity index (χ3n) is 3.11. The number of amides is 1. The molecule has 0 saturated carbocycles. The van der Waals surface area contributed by atoms with Crippen molar-refractivity contribution >= 4 is 21.8 Å². The van der Waals surface area contributed by atoms with Crippen LogP contribution in [-0.4, -0.2) is 19.1 Å². The SMILES string of the molecule is CCCCCCNC(=O)COc1ccc(Br)cc1CC. The van der Waals surface area contributed by atoms with Crippen molar-refractivity contribution < 1.29 is 9.53 Å². The maximum absolute atomic E-state index is 11.7. The van der Waals surface area contributed by atoms with Gasteiger partial charge in [0.2, 0.25) is 0 Å². The number of hydrogen-bond donors (Lipinski definition) is 1. The van der Waals surface area contributed by atoms with Gasteiger partial charge in [-0.1, -0.05) is 49.0 Å². The van der Waals surface area contributed by atoms with Gasteiger partial charge in [0.1, 0.15) is 5.75 Å². The number of unbranched alkanes of at least 4 members (excludes halogenated alkanes) is 3. The Bertz CT molecular complexity index is 421. The number of ether oxygens (including phenoxy) is 1. The Balaban J connectivity index is 2.30. The molecule has 0 aromatic heterocycles. The highest BCUT2D eigenvalue weighted by Gasteiger charge is 2.06. The molecule has 0 aliphatic carbocycles. The van der Waals surface area contributed by atoms with Gasteiger partial charge in [0, 0.05) is 11.0 Å². The number of rotatable bonds is 9. The lowest BCUT2D eigenvalue weighted by Gasteiger charge is -2.11. The Morgan fingerprint density at radius 1 is 1.25 bits per heavy atom. The molecule has 1 aromatic carbocycles. The van der Waals surface area contributed by atoms with E-state index in [1.807, 2.05) is 18.2 Å². The molecule has 0 atom stereocenters. The van der Waals surface area contributed by atoms with Crippen molar-refractivity contribution in [3.63, 3.8) is 0 Å². The standard InChI is InChI=1S/C16H24BrNO2/c1-3-5-6-7-10-18-16(19)12-20-15-9-8-14(17)11-13(15)4-2/h8-9,11H,3-7,10,12H2,1-2H3,(H,18,19). The third kappa shape index (κ3) is 6.42. The summed E-state index contributed by atoms with van der Waals surface area (Å²) in [6.07, 6.45) is 5.53. The highest BCUT2D eigenvalue weighted by Crippen LogP contribution is 2.23. The summed E-state index contributed by atoms with van der Waals surface area (Å²) in [7, 11) is 0. The van der Waals surface area contributed by atoms with Gasteiger partial charge in [-0.2, -0.15) is 0 Å². The second-order valence-electron chi connectivity index (χ2n) is 4.80. The molecule has 0 saturated heterocycles. The van der Waals surface area contributed by atoms with Crippen LogP contribution in [0.2, 0.25) is 0 Å². The number of hydrogen-bond acceptors (Lipinski definition) is 2. The molecule has 1 amide bonds. The molecule has 0 radical (unpaired) electrons. The van der Waals surface area contributed by atoms with Crippen molar-refractivity contribution in [1.82, 2.24) is 5.32 Å². The van der Waals surface area contributed by atoms with Crippen LogP contribution in [0.4, 0.5) is 0 Å². The van der Waals surface area contributed by atoms with E-state index in [1.54, 1.807) is 0 Å². The predicted molar refractivity (Wildman–Crippen MR) is 86.2 cm³/mol. The van der Waals surface area contributed by atoms with Gasteiger partial charge >= 0.3 is 0 Å². The van der Waals surface area contributed by atoms with E-state index < -0.39 is 0 Å². The molecule has 112 valence electrons. The summed E-state index contributed by atoms with van der Waals surface area (Å²) in [4.78, 5) is 11.7. The smallest absolute Gasteiger partial charge is 0.257 e. The zero-order valence-corrected chi connectivity index (χ0v) is 14.0. The summed E-state index contributed by atoms with van der Waals surface area (Å²) in [6.45, 7) is 5.07. The van der Waals surface area contributed by atoms with Crippen LogP contribution in [0.5, 0.6) is 5.75 Å². The van der Waals surface area contributed by atoms with E-state index in [1.165, 1.54) is 19.3 Å². The van der Waals surface area contributed by atoms with Gasteiger partial charge in [0.15, 0.2) is 6.61 Å². The van der Waals surface area contributed by atoms with Crippen LogP contribution < -0.4 is 10.1 Å². The maximum atomic E-state index is 11.7. The van der Waals surface area contributed by atoms with Crippen LogP contribution in [0.3, 0.4) is 0 Å². The summed E-state index contributed by atoms with van der Waals surface area (Å²) >= 11 is 3.44. The summed E-state index contributed by atoms with van der Waals surface area (Å²) in [5, 5.41) is 2.89. The zero-order chi connectivity index (χ0) is 14.8. The molecule has 0 aliphatic heterocycles. The van der Waals surface area contributed by atoms with E-state index in [4.69, 9.17) is 4.74 Å². The molecule has 1 rings (SSSR count). The first kappa shape index (κ1) is 17.0. The van der Waals surface area contributed by atoms with Crippen molar-refractivity contribution in [3.05, 3.63) is 28.2 Å². The van der Waals surface area contributed by atoms with E-state index in [0.29, 0.717) is 0 Å². The molecule has 0 aliphatic rings. The minimum absolute atomic E-state index is 0.0496. The Kier molecular flexibility index (Phi) is 8.35. The molecule has 4 heteroatoms. The lowest BCUT2D eigenvalue weighted by molar-refractivity contribution is -0.123. The average Bonchev–Trinajstić information content (AvgIpc) is 2.45. The molecule has 0 heterocycles. The minimum Gasteiger partial charge on any atom is -0.483 e. The highest BCUT2D eigenvalue weighted by atomic mass is 79.9. The lowest BCUT2D eigenvalue weighted by atomic mass is 10.1. The van der Waals surface area contributed by atoms with Gasteiger partial charge in [0.05, 0.1) is 0 Å². The first-order valence-electron chi connectivity index (χ1n) is 7.35. The van der Waals surface area contributed by atoms with E-state index in [2.05, 4.69) is 35.1 Å². The number of halogens is 1. The van der Waals surface area contributed by atoms with Crippen molar-refractivity contribution in [2.24, 2.45) is 0 Å². The van der Waals surface area contributed by atoms with E-state index in [9.17, 15) is 4.79 Å². The van der Waals surface area contributed by atoms with Crippen LogP contribution in [0.1, 0.15) is 45.1 Å². The number of carbonyl (C=O) groups is 1. The van der Waals surface area contributed by atoms with Crippen molar-refractivity contribution in [1.29, 1.82) is 0 Å². The fourth-order valence-electron chi connectivity index (χ4n) is 1.94. The maximum Gasteiger partial charge on any atom is 0.257 e. The number of carbonyl (C=O) groups excluding carboxylic acids is 1. The third-order valence-corrected chi connectivity index (χ3v) is 3.61. The first-order chi connectivity index (χ1) is 9.67. The van der Waals surface area contributed by atoms with Crippen molar-refractivity contribution in [2.75, 3.05) is 13.2 Å². The van der Waals surface area contributed by atoms with Gasteiger partial charge in [-0.25, -0.2) is 0 Å². The van der Waals surface area contributed by atoms with Crippen LogP contribution >= 0.6 is 15.9 Å². The second kappa shape index (κ2) is 9.81. The van der Waals surface area contributed by atoms with Crippen LogP contribution in [-0.2, 0) is 11.2 Å². The van der Waals surface area contributed by atoms with E-state index >= 15 is 0 Å². The molecular formula is C16H24BrNO2. The molecule has 0 fully saturated rings. The van der Waals surface area contributed by atoms with Gasteiger partial charge in [-0.15, -0.1) is 0 Å². The molecule has 3 nitrogen and oxygen atoms in total. The fourth-order valence-corrected chi connectivity index (χ4v) is 2.35. The molecule has 1 aromatic rings. The van der Waals surface area contributed by atoms with Gasteiger partial charge < -0.3 is 10.1 Å². The topological polar surface area (TPSA) is 38.3 Å². The number of aryl methyl sites for hydroxylation is 1. The molecule has 0 spiro atoms. The van der Waals surface area contributed by atoms with Crippen molar-refractivity contribution in [3.8, 4) is 5.75 Å². The summed E-state index contributed by atoms with van der Waals surface area (Å²) in [5.74, 6) is 0.739. The Morgan fingerprint density at radius 3 is 2.75 bits per heavy atom. The monoisotopic (exact) mass is 341 g/mol. The highest BCUT2D eigenvalue weighted by molar-refractivity contribution is 9.10. The number of nitrogens with one attached hydrogen (secondary N) is 1. The fraction of sp³-hybridized carbons (Fsp3) is 0.562. The molecule has 20 heavy (non-hydrogen) atoms. The zero-order valence-electron chi connectivity index (χ0n) is 12.4. The summed E-state index contributed by atoms with van der Waals surface area (Å²) < 4.78 is 6.62. The summed E-state index contributed by atoms with van der Waals surface area (Å²) in [6, 6.07) is 5.85. The Morgan fingerprint density at radius 2 is 2.05 bits per heavy atom. The van der Waals surface area contributed by atoms with E-state index in [-0.39, 0.29) is 12.5 Å². The minimum atomic E-state index is -0.0496. The molecule has 0 bridgehead atoms. The number of benzene rings is 1. The molecule has 1 N–H and O–H groups in total. The first-order valence-corrected chi connectivity index (χ1v) is 8.14. The largest absolute Gasteiger partial charge is 0.483 e. The van der Waals surface area contributed by atoms with Gasteiger partial charge in [-0.3, -0.25) is 4.79 Å².